The number of nitrogens with one attached hydrogen (secondary N) is 1. The third-order valence-electron chi connectivity index (χ3n) is 5.48. The molecule has 1 atom stereocenters. The van der Waals surface area contributed by atoms with E-state index in [-0.39, 0.29) is 24.3 Å². The standard InChI is InChI=1S/C24H30ClFN4O2/c1-15-20(30-23(27-15)19(13-21(25)29-30)28-24(2,3)4)12-16-8-7-9-18(26)17(16)14-32-22-10-5-6-11-31-22/h7-9,13,22,28H,5-6,10-12,14H2,1-4H3/t22-/m0/s1. The van der Waals surface area contributed by atoms with Crippen LogP contribution in [0, 0.1) is 12.7 Å². The quantitative estimate of drug-likeness (QED) is 0.513. The van der Waals surface area contributed by atoms with Crippen molar-refractivity contribution in [3.05, 3.63) is 57.8 Å². The van der Waals surface area contributed by atoms with Crippen molar-refractivity contribution in [2.24, 2.45) is 0 Å². The van der Waals surface area contributed by atoms with Crippen LogP contribution in [0.5, 0.6) is 0 Å². The van der Waals surface area contributed by atoms with E-state index in [1.807, 2.05) is 13.0 Å². The zero-order chi connectivity index (χ0) is 22.9. The number of aryl methyl sites for hydroxylation is 1. The smallest absolute Gasteiger partial charge is 0.177 e. The van der Waals surface area contributed by atoms with Crippen LogP contribution in [0.15, 0.2) is 24.3 Å². The van der Waals surface area contributed by atoms with Crippen molar-refractivity contribution < 1.29 is 13.9 Å². The van der Waals surface area contributed by atoms with E-state index in [4.69, 9.17) is 26.1 Å². The number of hydrogen-bond acceptors (Lipinski definition) is 5. The Hall–Kier alpha value is -2.22. The van der Waals surface area contributed by atoms with Gasteiger partial charge in [0.1, 0.15) is 5.82 Å². The molecular weight excluding hydrogens is 431 g/mol. The van der Waals surface area contributed by atoms with E-state index < -0.39 is 0 Å². The van der Waals surface area contributed by atoms with Gasteiger partial charge in [-0.2, -0.15) is 5.10 Å². The Balaban J connectivity index is 1.66. The van der Waals surface area contributed by atoms with Gasteiger partial charge in [-0.05, 0) is 58.6 Å². The third kappa shape index (κ3) is 5.22. The zero-order valence-corrected chi connectivity index (χ0v) is 19.8. The van der Waals surface area contributed by atoms with E-state index in [0.29, 0.717) is 29.4 Å². The molecule has 0 unspecified atom stereocenters. The highest BCUT2D eigenvalue weighted by atomic mass is 35.5. The first-order valence-electron chi connectivity index (χ1n) is 11.0. The van der Waals surface area contributed by atoms with Gasteiger partial charge in [-0.1, -0.05) is 23.7 Å². The molecular formula is C24H30ClFN4O2. The second-order valence-electron chi connectivity index (χ2n) is 9.30. The van der Waals surface area contributed by atoms with Crippen LogP contribution in [0.4, 0.5) is 10.1 Å². The van der Waals surface area contributed by atoms with Crippen molar-refractivity contribution in [3.8, 4) is 0 Å². The van der Waals surface area contributed by atoms with Gasteiger partial charge in [0.25, 0.3) is 0 Å². The second-order valence-corrected chi connectivity index (χ2v) is 9.68. The Morgan fingerprint density at radius 3 is 2.84 bits per heavy atom. The van der Waals surface area contributed by atoms with Crippen LogP contribution in [0.25, 0.3) is 5.65 Å². The minimum atomic E-state index is -0.286. The Labute approximate surface area is 193 Å². The number of rotatable bonds is 6. The van der Waals surface area contributed by atoms with Gasteiger partial charge >= 0.3 is 0 Å². The molecule has 0 spiro atoms. The number of aromatic nitrogens is 3. The van der Waals surface area contributed by atoms with Crippen molar-refractivity contribution in [1.82, 2.24) is 14.6 Å². The summed E-state index contributed by atoms with van der Waals surface area (Å²) in [7, 11) is 0. The summed E-state index contributed by atoms with van der Waals surface area (Å²) in [5.74, 6) is -0.286. The molecule has 1 saturated heterocycles. The SMILES string of the molecule is Cc1nc2c(NC(C)(C)C)cc(Cl)nn2c1Cc1cccc(F)c1CO[C@H]1CCCCO1. The first-order chi connectivity index (χ1) is 15.2. The van der Waals surface area contributed by atoms with Crippen LogP contribution < -0.4 is 5.32 Å². The second kappa shape index (κ2) is 9.33. The van der Waals surface area contributed by atoms with Gasteiger partial charge in [-0.3, -0.25) is 0 Å². The fourth-order valence-corrected chi connectivity index (χ4v) is 4.16. The summed E-state index contributed by atoms with van der Waals surface area (Å²) in [5.41, 5.74) is 4.39. The van der Waals surface area contributed by atoms with E-state index in [0.717, 1.165) is 41.9 Å². The molecule has 1 aromatic carbocycles. The maximum atomic E-state index is 14.8. The normalized spacial score (nSPS) is 17.1. The van der Waals surface area contributed by atoms with E-state index in [1.165, 1.54) is 6.07 Å². The number of halogens is 2. The molecule has 2 aromatic heterocycles. The largest absolute Gasteiger partial charge is 0.377 e. The fraction of sp³-hybridized carbons (Fsp3) is 0.500. The number of ether oxygens (including phenoxy) is 2. The average Bonchev–Trinajstić information content (AvgIpc) is 3.03. The average molecular weight is 461 g/mol. The molecule has 32 heavy (non-hydrogen) atoms. The first kappa shape index (κ1) is 23.0. The van der Waals surface area contributed by atoms with Gasteiger partial charge < -0.3 is 14.8 Å². The van der Waals surface area contributed by atoms with Gasteiger partial charge in [-0.25, -0.2) is 13.9 Å². The van der Waals surface area contributed by atoms with Crippen molar-refractivity contribution in [2.75, 3.05) is 11.9 Å². The van der Waals surface area contributed by atoms with Crippen molar-refractivity contribution in [3.63, 3.8) is 0 Å². The molecule has 172 valence electrons. The summed E-state index contributed by atoms with van der Waals surface area (Å²) < 4.78 is 28.1. The zero-order valence-electron chi connectivity index (χ0n) is 19.0. The Morgan fingerprint density at radius 2 is 2.12 bits per heavy atom. The highest BCUT2D eigenvalue weighted by Crippen LogP contribution is 2.28. The molecule has 1 N–H and O–H groups in total. The van der Waals surface area contributed by atoms with Crippen LogP contribution in [0.2, 0.25) is 5.15 Å². The summed E-state index contributed by atoms with van der Waals surface area (Å²) in [4.78, 5) is 4.74. The van der Waals surface area contributed by atoms with Crippen molar-refractivity contribution in [2.45, 2.75) is 71.8 Å². The summed E-state index contributed by atoms with van der Waals surface area (Å²) >= 11 is 6.34. The molecule has 3 heterocycles. The minimum Gasteiger partial charge on any atom is -0.377 e. The number of nitrogens with zero attached hydrogens (tertiary/aromatic N) is 3. The lowest BCUT2D eigenvalue weighted by molar-refractivity contribution is -0.169. The summed E-state index contributed by atoms with van der Waals surface area (Å²) in [6.45, 7) is 9.00. The molecule has 8 heteroatoms. The topological polar surface area (TPSA) is 60.7 Å². The lowest BCUT2D eigenvalue weighted by atomic mass is 10.0. The van der Waals surface area contributed by atoms with Crippen LogP contribution in [-0.2, 0) is 22.5 Å². The molecule has 6 nitrogen and oxygen atoms in total. The Kier molecular flexibility index (Phi) is 6.70. The predicted molar refractivity (Wildman–Crippen MR) is 124 cm³/mol. The van der Waals surface area contributed by atoms with Gasteiger partial charge in [0, 0.05) is 30.2 Å². The molecule has 0 aliphatic carbocycles. The lowest BCUT2D eigenvalue weighted by Gasteiger charge is -2.23. The Morgan fingerprint density at radius 1 is 1.31 bits per heavy atom. The molecule has 0 amide bonds. The van der Waals surface area contributed by atoms with Crippen LogP contribution in [-0.4, -0.2) is 33.0 Å². The van der Waals surface area contributed by atoms with Crippen molar-refractivity contribution in [1.29, 1.82) is 0 Å². The summed E-state index contributed by atoms with van der Waals surface area (Å²) in [6, 6.07) is 6.88. The molecule has 1 aliphatic heterocycles. The lowest BCUT2D eigenvalue weighted by Crippen LogP contribution is -2.26. The van der Waals surface area contributed by atoms with E-state index >= 15 is 0 Å². The van der Waals surface area contributed by atoms with E-state index in [2.05, 4.69) is 31.2 Å². The summed E-state index contributed by atoms with van der Waals surface area (Å²) in [5, 5.41) is 8.30. The highest BCUT2D eigenvalue weighted by Gasteiger charge is 2.21. The van der Waals surface area contributed by atoms with Crippen molar-refractivity contribution >= 4 is 22.9 Å². The predicted octanol–water partition coefficient (Wildman–Crippen LogP) is 5.67. The van der Waals surface area contributed by atoms with Crippen LogP contribution in [0.3, 0.4) is 0 Å². The van der Waals surface area contributed by atoms with E-state index in [1.54, 1.807) is 16.6 Å². The number of benzene rings is 1. The maximum absolute atomic E-state index is 14.8. The first-order valence-corrected chi connectivity index (χ1v) is 11.4. The minimum absolute atomic E-state index is 0.160. The molecule has 1 fully saturated rings. The number of anilines is 1. The number of fused-ring (bicyclic) bond motifs is 1. The van der Waals surface area contributed by atoms with Gasteiger partial charge in [0.05, 0.1) is 23.7 Å². The number of hydrogen-bond donors (Lipinski definition) is 1. The van der Waals surface area contributed by atoms with Gasteiger partial charge in [-0.15, -0.1) is 0 Å². The van der Waals surface area contributed by atoms with Gasteiger partial charge in [0.2, 0.25) is 0 Å². The molecule has 0 bridgehead atoms. The highest BCUT2D eigenvalue weighted by molar-refractivity contribution is 6.29. The fourth-order valence-electron chi connectivity index (χ4n) is 3.97. The molecule has 4 rings (SSSR count). The molecule has 3 aromatic rings. The molecule has 0 radical (unpaired) electrons. The summed E-state index contributed by atoms with van der Waals surface area (Å²) in [6.07, 6.45) is 3.12. The number of imidazole rings is 1. The molecule has 1 aliphatic rings. The molecule has 0 saturated carbocycles. The monoisotopic (exact) mass is 460 g/mol. The maximum Gasteiger partial charge on any atom is 0.177 e. The third-order valence-corrected chi connectivity index (χ3v) is 5.67. The van der Waals surface area contributed by atoms with Crippen LogP contribution in [0.1, 0.15) is 62.5 Å². The Bertz CT molecular complexity index is 1100. The van der Waals surface area contributed by atoms with Gasteiger partial charge in [0.15, 0.2) is 17.1 Å². The van der Waals surface area contributed by atoms with E-state index in [9.17, 15) is 4.39 Å². The van der Waals surface area contributed by atoms with Crippen LogP contribution >= 0.6 is 11.6 Å².